The van der Waals surface area contributed by atoms with E-state index in [2.05, 4.69) is 15.3 Å². The maximum atomic E-state index is 13.6. The van der Waals surface area contributed by atoms with E-state index in [0.717, 1.165) is 24.2 Å². The Morgan fingerprint density at radius 1 is 1.17 bits per heavy atom. The number of hydrogen-bond donors (Lipinski definition) is 1. The monoisotopic (exact) mass is 515 g/mol. The molecular formula is C26H31ClFN5O3. The van der Waals surface area contributed by atoms with Crippen LogP contribution in [0.15, 0.2) is 53.6 Å². The fourth-order valence-corrected chi connectivity index (χ4v) is 4.64. The Bertz CT molecular complexity index is 1090. The van der Waals surface area contributed by atoms with Gasteiger partial charge < -0.3 is 15.0 Å². The molecule has 0 aliphatic carbocycles. The highest BCUT2D eigenvalue weighted by atomic mass is 35.5. The van der Waals surface area contributed by atoms with Crippen LogP contribution in [0, 0.1) is 5.82 Å². The molecule has 3 amide bonds. The zero-order chi connectivity index (χ0) is 25.5. The molecule has 1 unspecified atom stereocenters. The Morgan fingerprint density at radius 2 is 1.89 bits per heavy atom. The van der Waals surface area contributed by atoms with Gasteiger partial charge >= 0.3 is 6.03 Å². The zero-order valence-electron chi connectivity index (χ0n) is 20.3. The lowest BCUT2D eigenvalue weighted by Gasteiger charge is -2.31. The summed E-state index contributed by atoms with van der Waals surface area (Å²) in [6.45, 7) is 6.13. The van der Waals surface area contributed by atoms with Gasteiger partial charge in [-0.1, -0.05) is 41.9 Å². The summed E-state index contributed by atoms with van der Waals surface area (Å²) >= 11 is 6.49. The van der Waals surface area contributed by atoms with E-state index in [1.165, 1.54) is 22.0 Å². The summed E-state index contributed by atoms with van der Waals surface area (Å²) in [5.74, 6) is -0.656. The molecule has 0 bridgehead atoms. The topological polar surface area (TPSA) is 77.5 Å². The quantitative estimate of drug-likeness (QED) is 0.583. The fourth-order valence-electron chi connectivity index (χ4n) is 4.38. The summed E-state index contributed by atoms with van der Waals surface area (Å²) in [5, 5.41) is 9.38. The number of carbonyl (C=O) groups is 2. The smallest absolute Gasteiger partial charge is 0.317 e. The van der Waals surface area contributed by atoms with E-state index in [1.54, 1.807) is 18.2 Å². The van der Waals surface area contributed by atoms with Gasteiger partial charge in [0, 0.05) is 44.2 Å². The highest BCUT2D eigenvalue weighted by molar-refractivity contribution is 6.31. The second-order valence-electron chi connectivity index (χ2n) is 8.74. The van der Waals surface area contributed by atoms with Crippen molar-refractivity contribution in [1.82, 2.24) is 20.1 Å². The SMILES string of the molecule is CCNC(=O)N(CCN1CCOCC1)CC(=O)N1N=C(c2ccc(F)cc2)CC1c1ccccc1Cl. The number of carbonyl (C=O) groups excluding carboxylic acids is 2. The molecule has 4 rings (SSSR count). The molecule has 10 heteroatoms. The van der Waals surface area contributed by atoms with Crippen molar-refractivity contribution in [1.29, 1.82) is 0 Å². The maximum absolute atomic E-state index is 13.6. The lowest BCUT2D eigenvalue weighted by atomic mass is 9.98. The molecule has 2 aliphatic rings. The van der Waals surface area contributed by atoms with Crippen LogP contribution in [0.2, 0.25) is 5.02 Å². The highest BCUT2D eigenvalue weighted by Crippen LogP contribution is 2.36. The second-order valence-corrected chi connectivity index (χ2v) is 9.15. The van der Waals surface area contributed by atoms with Gasteiger partial charge in [-0.2, -0.15) is 5.10 Å². The average molecular weight is 516 g/mol. The normalized spacial score (nSPS) is 18.1. The first-order chi connectivity index (χ1) is 17.5. The predicted molar refractivity (Wildman–Crippen MR) is 136 cm³/mol. The standard InChI is InChI=1S/C26H31ClFN5O3/c1-2-29-26(35)32(12-11-31-13-15-36-16-14-31)18-25(34)33-24(21-5-3-4-6-22(21)27)17-23(30-33)19-7-9-20(28)10-8-19/h3-10,24H,2,11-18H2,1H3,(H,29,35). The average Bonchev–Trinajstić information content (AvgIpc) is 3.33. The molecule has 2 aromatic carbocycles. The molecule has 1 atom stereocenters. The summed E-state index contributed by atoms with van der Waals surface area (Å²) in [7, 11) is 0. The van der Waals surface area contributed by atoms with Gasteiger partial charge in [0.05, 0.1) is 25.0 Å². The molecular weight excluding hydrogens is 485 g/mol. The van der Waals surface area contributed by atoms with Crippen LogP contribution in [0.25, 0.3) is 0 Å². The Balaban J connectivity index is 1.56. The van der Waals surface area contributed by atoms with Gasteiger partial charge in [-0.15, -0.1) is 0 Å². The maximum Gasteiger partial charge on any atom is 0.317 e. The number of rotatable bonds is 8. The van der Waals surface area contributed by atoms with E-state index < -0.39 is 6.04 Å². The van der Waals surface area contributed by atoms with E-state index in [9.17, 15) is 14.0 Å². The van der Waals surface area contributed by atoms with Gasteiger partial charge in [0.25, 0.3) is 5.91 Å². The van der Waals surface area contributed by atoms with E-state index >= 15 is 0 Å². The third-order valence-corrected chi connectivity index (χ3v) is 6.68. The van der Waals surface area contributed by atoms with Crippen molar-refractivity contribution in [2.45, 2.75) is 19.4 Å². The van der Waals surface area contributed by atoms with Crippen molar-refractivity contribution in [2.24, 2.45) is 5.10 Å². The van der Waals surface area contributed by atoms with Crippen molar-refractivity contribution in [2.75, 3.05) is 52.5 Å². The minimum atomic E-state index is -0.429. The molecule has 2 aromatic rings. The first-order valence-electron chi connectivity index (χ1n) is 12.2. The van der Waals surface area contributed by atoms with E-state index in [4.69, 9.17) is 16.3 Å². The molecule has 1 fully saturated rings. The number of benzene rings is 2. The molecule has 2 aliphatic heterocycles. The van der Waals surface area contributed by atoms with Gasteiger partial charge in [0.1, 0.15) is 12.4 Å². The number of ether oxygens (including phenoxy) is 1. The molecule has 0 spiro atoms. The first kappa shape index (κ1) is 26.1. The Labute approximate surface area is 215 Å². The summed E-state index contributed by atoms with van der Waals surface area (Å²) < 4.78 is 18.9. The molecule has 36 heavy (non-hydrogen) atoms. The largest absolute Gasteiger partial charge is 0.379 e. The molecule has 0 saturated carbocycles. The van der Waals surface area contributed by atoms with Crippen LogP contribution >= 0.6 is 11.6 Å². The number of nitrogens with zero attached hydrogens (tertiary/aromatic N) is 4. The van der Waals surface area contributed by atoms with Crippen LogP contribution in [-0.2, 0) is 9.53 Å². The van der Waals surface area contributed by atoms with Crippen LogP contribution in [0.4, 0.5) is 9.18 Å². The Hall–Kier alpha value is -3.01. The van der Waals surface area contributed by atoms with Gasteiger partial charge in [-0.3, -0.25) is 9.69 Å². The van der Waals surface area contributed by atoms with E-state index in [-0.39, 0.29) is 24.3 Å². The van der Waals surface area contributed by atoms with Gasteiger partial charge in [0.2, 0.25) is 0 Å². The molecule has 192 valence electrons. The zero-order valence-corrected chi connectivity index (χ0v) is 21.1. The third kappa shape index (κ3) is 6.40. The fraction of sp³-hybridized carbons (Fsp3) is 0.423. The minimum Gasteiger partial charge on any atom is -0.379 e. The van der Waals surface area contributed by atoms with Gasteiger partial charge in [-0.25, -0.2) is 14.2 Å². The molecule has 0 aromatic heterocycles. The van der Waals surface area contributed by atoms with Crippen LogP contribution < -0.4 is 5.32 Å². The molecule has 2 heterocycles. The van der Waals surface area contributed by atoms with E-state index in [0.29, 0.717) is 50.0 Å². The highest BCUT2D eigenvalue weighted by Gasteiger charge is 2.35. The van der Waals surface area contributed by atoms with Crippen LogP contribution in [0.1, 0.15) is 30.5 Å². The summed E-state index contributed by atoms with van der Waals surface area (Å²) in [6, 6.07) is 12.7. The van der Waals surface area contributed by atoms with Crippen molar-refractivity contribution < 1.29 is 18.7 Å². The summed E-state index contributed by atoms with van der Waals surface area (Å²) in [6.07, 6.45) is 0.427. The van der Waals surface area contributed by atoms with Crippen LogP contribution in [0.3, 0.4) is 0 Å². The number of urea groups is 1. The number of morpholine rings is 1. The van der Waals surface area contributed by atoms with Gasteiger partial charge in [0.15, 0.2) is 0 Å². The lowest BCUT2D eigenvalue weighted by Crippen LogP contribution is -2.49. The number of halogens is 2. The van der Waals surface area contributed by atoms with Crippen molar-refractivity contribution in [3.05, 3.63) is 70.5 Å². The number of amides is 3. The Kier molecular flexibility index (Phi) is 8.90. The predicted octanol–water partition coefficient (Wildman–Crippen LogP) is 3.52. The second kappa shape index (κ2) is 12.3. The molecule has 1 saturated heterocycles. The Morgan fingerprint density at radius 3 is 2.58 bits per heavy atom. The van der Waals surface area contributed by atoms with E-state index in [1.807, 2.05) is 25.1 Å². The van der Waals surface area contributed by atoms with Crippen molar-refractivity contribution >= 4 is 29.3 Å². The number of nitrogens with one attached hydrogen (secondary N) is 1. The lowest BCUT2D eigenvalue weighted by molar-refractivity contribution is -0.133. The first-order valence-corrected chi connectivity index (χ1v) is 12.6. The molecule has 1 N–H and O–H groups in total. The van der Waals surface area contributed by atoms with Gasteiger partial charge in [-0.05, 0) is 36.2 Å². The summed E-state index contributed by atoms with van der Waals surface area (Å²) in [4.78, 5) is 30.1. The minimum absolute atomic E-state index is 0.128. The summed E-state index contributed by atoms with van der Waals surface area (Å²) in [5.41, 5.74) is 2.16. The van der Waals surface area contributed by atoms with Crippen molar-refractivity contribution in [3.63, 3.8) is 0 Å². The molecule has 0 radical (unpaired) electrons. The van der Waals surface area contributed by atoms with Crippen molar-refractivity contribution in [3.8, 4) is 0 Å². The van der Waals surface area contributed by atoms with Crippen LogP contribution in [0.5, 0.6) is 0 Å². The molecule has 8 nitrogen and oxygen atoms in total. The third-order valence-electron chi connectivity index (χ3n) is 6.34. The number of hydrazone groups is 1. The van der Waals surface area contributed by atoms with Crippen LogP contribution in [-0.4, -0.2) is 84.9 Å². The number of hydrogen-bond acceptors (Lipinski definition) is 5.